The maximum atomic E-state index is 9.30. The van der Waals surface area contributed by atoms with Gasteiger partial charge in [-0.2, -0.15) is 0 Å². The van der Waals surface area contributed by atoms with Crippen molar-refractivity contribution in [3.63, 3.8) is 0 Å². The Balaban J connectivity index is 0. The monoisotopic (exact) mass is 325 g/mol. The Bertz CT molecular complexity index is 214. The van der Waals surface area contributed by atoms with Crippen LogP contribution >= 0.6 is 12.4 Å². The van der Waals surface area contributed by atoms with Crippen molar-refractivity contribution < 1.29 is 14.9 Å². The third kappa shape index (κ3) is 18.1. The highest BCUT2D eigenvalue weighted by Crippen LogP contribution is 2.10. The highest BCUT2D eigenvalue weighted by atomic mass is 35.5. The fourth-order valence-electron chi connectivity index (χ4n) is 1.98. The van der Waals surface area contributed by atoms with E-state index in [0.717, 1.165) is 25.4 Å². The number of halogens is 1. The number of aliphatic hydroxyl groups is 2. The van der Waals surface area contributed by atoms with E-state index in [1.54, 1.807) is 6.92 Å². The molecule has 4 nitrogen and oxygen atoms in total. The molecule has 0 aromatic heterocycles. The van der Waals surface area contributed by atoms with Gasteiger partial charge < -0.3 is 14.9 Å². The SMILES string of the molecule is CCC(O)(O)NCCCOCCCCCCCC(C)C.Cl. The Kier molecular flexibility index (Phi) is 16.8. The zero-order valence-electron chi connectivity index (χ0n) is 14.1. The first-order valence-electron chi connectivity index (χ1n) is 8.25. The normalized spacial score (nSPS) is 11.7. The lowest BCUT2D eigenvalue weighted by molar-refractivity contribution is -0.186. The molecule has 0 unspecified atom stereocenters. The van der Waals surface area contributed by atoms with Crippen LogP contribution in [0.1, 0.15) is 72.1 Å². The topological polar surface area (TPSA) is 61.7 Å². The Labute approximate surface area is 137 Å². The van der Waals surface area contributed by atoms with Crippen LogP contribution in [0.15, 0.2) is 0 Å². The summed E-state index contributed by atoms with van der Waals surface area (Å²) in [5.74, 6) is -0.896. The van der Waals surface area contributed by atoms with Gasteiger partial charge in [0.25, 0.3) is 0 Å². The van der Waals surface area contributed by atoms with Crippen LogP contribution in [0.2, 0.25) is 0 Å². The quantitative estimate of drug-likeness (QED) is 0.338. The number of rotatable bonds is 14. The van der Waals surface area contributed by atoms with Crippen molar-refractivity contribution in [1.82, 2.24) is 5.32 Å². The molecule has 130 valence electrons. The molecule has 0 bridgehead atoms. The van der Waals surface area contributed by atoms with Crippen molar-refractivity contribution in [2.45, 2.75) is 78.0 Å². The van der Waals surface area contributed by atoms with Crippen molar-refractivity contribution in [2.24, 2.45) is 5.92 Å². The Morgan fingerprint density at radius 1 is 0.952 bits per heavy atom. The van der Waals surface area contributed by atoms with E-state index < -0.39 is 5.91 Å². The van der Waals surface area contributed by atoms with Gasteiger partial charge in [-0.25, -0.2) is 0 Å². The predicted molar refractivity (Wildman–Crippen MR) is 90.7 cm³/mol. The van der Waals surface area contributed by atoms with E-state index in [1.807, 2.05) is 0 Å². The number of unbranched alkanes of at least 4 members (excludes halogenated alkanes) is 4. The summed E-state index contributed by atoms with van der Waals surface area (Å²) in [7, 11) is 0. The van der Waals surface area contributed by atoms with E-state index in [1.165, 1.54) is 32.1 Å². The van der Waals surface area contributed by atoms with Gasteiger partial charge in [0.2, 0.25) is 5.91 Å². The average Bonchev–Trinajstić information content (AvgIpc) is 2.39. The molecular weight excluding hydrogens is 290 g/mol. The number of nitrogens with one attached hydrogen (secondary N) is 1. The van der Waals surface area contributed by atoms with Gasteiger partial charge in [0.1, 0.15) is 0 Å². The smallest absolute Gasteiger partial charge is 0.222 e. The van der Waals surface area contributed by atoms with Crippen LogP contribution in [0.3, 0.4) is 0 Å². The highest BCUT2D eigenvalue weighted by Gasteiger charge is 2.17. The van der Waals surface area contributed by atoms with Crippen molar-refractivity contribution in [3.8, 4) is 0 Å². The lowest BCUT2D eigenvalue weighted by atomic mass is 10.0. The van der Waals surface area contributed by atoms with Crippen LogP contribution in [0.4, 0.5) is 0 Å². The fraction of sp³-hybridized carbons (Fsp3) is 1.00. The van der Waals surface area contributed by atoms with Crippen LogP contribution < -0.4 is 5.32 Å². The summed E-state index contributed by atoms with van der Waals surface area (Å²) < 4.78 is 5.52. The third-order valence-corrected chi connectivity index (χ3v) is 3.44. The number of ether oxygens (including phenoxy) is 1. The molecule has 0 aromatic rings. The van der Waals surface area contributed by atoms with Gasteiger partial charge in [-0.15, -0.1) is 12.4 Å². The van der Waals surface area contributed by atoms with E-state index in [-0.39, 0.29) is 18.8 Å². The maximum Gasteiger partial charge on any atom is 0.222 e. The summed E-state index contributed by atoms with van der Waals surface area (Å²) >= 11 is 0. The second-order valence-electron chi connectivity index (χ2n) is 6.01. The van der Waals surface area contributed by atoms with E-state index in [0.29, 0.717) is 13.2 Å². The first-order chi connectivity index (χ1) is 9.48. The van der Waals surface area contributed by atoms with Crippen LogP contribution in [-0.4, -0.2) is 35.9 Å². The highest BCUT2D eigenvalue weighted by molar-refractivity contribution is 5.85. The summed E-state index contributed by atoms with van der Waals surface area (Å²) in [6.45, 7) is 8.35. The van der Waals surface area contributed by atoms with E-state index in [9.17, 15) is 10.2 Å². The molecule has 0 saturated carbocycles. The van der Waals surface area contributed by atoms with Gasteiger partial charge >= 0.3 is 0 Å². The lowest BCUT2D eigenvalue weighted by Crippen LogP contribution is -2.44. The van der Waals surface area contributed by atoms with Gasteiger partial charge in [-0.1, -0.05) is 52.9 Å². The van der Waals surface area contributed by atoms with Gasteiger partial charge in [0.05, 0.1) is 0 Å². The molecule has 0 fully saturated rings. The van der Waals surface area contributed by atoms with Crippen LogP contribution in [0.25, 0.3) is 0 Å². The third-order valence-electron chi connectivity index (χ3n) is 3.44. The molecule has 0 atom stereocenters. The van der Waals surface area contributed by atoms with Crippen molar-refractivity contribution in [1.29, 1.82) is 0 Å². The molecule has 0 radical (unpaired) electrons. The van der Waals surface area contributed by atoms with E-state index in [4.69, 9.17) is 4.74 Å². The molecule has 0 heterocycles. The summed E-state index contributed by atoms with van der Waals surface area (Å²) in [5, 5.41) is 21.3. The Morgan fingerprint density at radius 2 is 1.52 bits per heavy atom. The lowest BCUT2D eigenvalue weighted by Gasteiger charge is -2.20. The maximum absolute atomic E-state index is 9.30. The Hall–Kier alpha value is 0.130. The average molecular weight is 326 g/mol. The minimum Gasteiger partial charge on any atom is -0.381 e. The molecule has 21 heavy (non-hydrogen) atoms. The molecule has 5 heteroatoms. The van der Waals surface area contributed by atoms with Gasteiger partial charge in [0.15, 0.2) is 0 Å². The zero-order valence-corrected chi connectivity index (χ0v) is 14.9. The first-order valence-corrected chi connectivity index (χ1v) is 8.25. The van der Waals surface area contributed by atoms with Crippen LogP contribution in [0, 0.1) is 5.92 Å². The molecule has 0 amide bonds. The largest absolute Gasteiger partial charge is 0.381 e. The minimum atomic E-state index is -1.73. The predicted octanol–water partition coefficient (Wildman–Crippen LogP) is 3.45. The number of hydrogen-bond acceptors (Lipinski definition) is 4. The zero-order chi connectivity index (χ0) is 15.3. The first kappa shape index (κ1) is 23.4. The molecule has 0 saturated heterocycles. The molecule has 0 aliphatic heterocycles. The fourth-order valence-corrected chi connectivity index (χ4v) is 1.98. The summed E-state index contributed by atoms with van der Waals surface area (Å²) in [5.41, 5.74) is 0. The molecule has 0 aliphatic carbocycles. The van der Waals surface area contributed by atoms with E-state index >= 15 is 0 Å². The molecule has 0 spiro atoms. The van der Waals surface area contributed by atoms with E-state index in [2.05, 4.69) is 19.2 Å². The van der Waals surface area contributed by atoms with Crippen molar-refractivity contribution in [3.05, 3.63) is 0 Å². The molecule has 0 aliphatic rings. The molecule has 3 N–H and O–H groups in total. The molecular formula is C16H36ClNO3. The van der Waals surface area contributed by atoms with Crippen LogP contribution in [-0.2, 0) is 4.74 Å². The van der Waals surface area contributed by atoms with Gasteiger partial charge in [0, 0.05) is 26.2 Å². The van der Waals surface area contributed by atoms with Crippen molar-refractivity contribution >= 4 is 12.4 Å². The number of hydrogen-bond donors (Lipinski definition) is 3. The summed E-state index contributed by atoms with van der Waals surface area (Å²) in [4.78, 5) is 0. The Morgan fingerprint density at radius 3 is 2.14 bits per heavy atom. The standard InChI is InChI=1S/C16H35NO3.ClH/c1-4-16(18,19)17-12-10-14-20-13-9-7-5-6-8-11-15(2)3;/h15,17-19H,4-14H2,1-3H3;1H. The second-order valence-corrected chi connectivity index (χ2v) is 6.01. The van der Waals surface area contributed by atoms with Crippen LogP contribution in [0.5, 0.6) is 0 Å². The van der Waals surface area contributed by atoms with Gasteiger partial charge in [-0.3, -0.25) is 5.32 Å². The van der Waals surface area contributed by atoms with Crippen molar-refractivity contribution in [2.75, 3.05) is 19.8 Å². The molecule has 0 rings (SSSR count). The summed E-state index contributed by atoms with van der Waals surface area (Å²) in [6, 6.07) is 0. The minimum absolute atomic E-state index is 0. The molecule has 0 aromatic carbocycles. The van der Waals surface area contributed by atoms with Gasteiger partial charge in [-0.05, 0) is 18.8 Å². The second kappa shape index (κ2) is 15.0. The summed E-state index contributed by atoms with van der Waals surface area (Å²) in [6.07, 6.45) is 8.82.